The van der Waals surface area contributed by atoms with Crippen LogP contribution >= 0.6 is 0 Å². The van der Waals surface area contributed by atoms with Gasteiger partial charge in [0.05, 0.1) is 17.7 Å². The third kappa shape index (κ3) is 4.68. The molecule has 0 fully saturated rings. The predicted octanol–water partition coefficient (Wildman–Crippen LogP) is 4.43. The molecule has 0 heterocycles. The first-order valence-electron chi connectivity index (χ1n) is 7.16. The second kappa shape index (κ2) is 6.70. The van der Waals surface area contributed by atoms with Crippen LogP contribution in [0, 0.1) is 0 Å². The van der Waals surface area contributed by atoms with Crippen molar-refractivity contribution in [3.63, 3.8) is 0 Å². The topological polar surface area (TPSA) is 58.6 Å². The van der Waals surface area contributed by atoms with E-state index in [1.807, 2.05) is 0 Å². The first-order valence-corrected chi connectivity index (χ1v) is 7.16. The largest absolute Gasteiger partial charge is 0.507 e. The molecule has 0 radical (unpaired) electrons. The number of nitrogens with two attached hydrogens (primary N) is 1. The minimum absolute atomic E-state index is 0.0594. The molecule has 2 aromatic carbocycles. The molecular weight excluding hydrogens is 343 g/mol. The van der Waals surface area contributed by atoms with Gasteiger partial charge in [-0.1, -0.05) is 12.1 Å². The second-order valence-electron chi connectivity index (χ2n) is 5.52. The van der Waals surface area contributed by atoms with E-state index in [9.17, 15) is 27.1 Å². The second-order valence-corrected chi connectivity index (χ2v) is 5.52. The number of hydrogen-bond donors (Lipinski definition) is 2. The Morgan fingerprint density at radius 3 is 2.08 bits per heavy atom. The van der Waals surface area contributed by atoms with Gasteiger partial charge in [-0.2, -0.15) is 13.2 Å². The number of aliphatic imine (C=N–C) groups is 1. The van der Waals surface area contributed by atoms with E-state index >= 15 is 0 Å². The van der Waals surface area contributed by atoms with Crippen molar-refractivity contribution in [3.05, 3.63) is 64.7 Å². The first kappa shape index (κ1) is 18.7. The number of aromatic hydroxyl groups is 1. The fraction of sp³-hybridized carbons (Fsp3) is 0.235. The highest BCUT2D eigenvalue weighted by Gasteiger charge is 2.30. The van der Waals surface area contributed by atoms with Gasteiger partial charge in [-0.05, 0) is 35.9 Å². The lowest BCUT2D eigenvalue weighted by Gasteiger charge is -2.13. The lowest BCUT2D eigenvalue weighted by Crippen LogP contribution is -2.16. The van der Waals surface area contributed by atoms with Crippen LogP contribution in [0.25, 0.3) is 0 Å². The van der Waals surface area contributed by atoms with Gasteiger partial charge in [0.2, 0.25) is 0 Å². The van der Waals surface area contributed by atoms with Gasteiger partial charge < -0.3 is 10.8 Å². The maximum Gasteiger partial charge on any atom is 0.416 e. The van der Waals surface area contributed by atoms with Gasteiger partial charge in [0.15, 0.2) is 0 Å². The molecule has 0 bridgehead atoms. The van der Waals surface area contributed by atoms with Gasteiger partial charge >= 0.3 is 6.18 Å². The molecule has 134 valence electrons. The molecule has 2 rings (SSSR count). The van der Waals surface area contributed by atoms with E-state index in [1.165, 1.54) is 12.1 Å². The number of benzene rings is 2. The Morgan fingerprint density at radius 1 is 1.00 bits per heavy atom. The summed E-state index contributed by atoms with van der Waals surface area (Å²) in [6.45, 7) is 0.648. The average molecular weight is 358 g/mol. The van der Waals surface area contributed by atoms with E-state index in [0.29, 0.717) is 12.5 Å². The first-order chi connectivity index (χ1) is 11.5. The van der Waals surface area contributed by atoms with E-state index in [1.54, 1.807) is 0 Å². The molecule has 25 heavy (non-hydrogen) atoms. The van der Waals surface area contributed by atoms with Crippen LogP contribution in [-0.4, -0.2) is 10.9 Å². The molecule has 0 atom stereocenters. The molecule has 0 unspecified atom stereocenters. The number of alkyl halides is 5. The standard InChI is InChI=1S/C17H15F5N2O/c1-16(18,19)12-6-7-14(25)13(8-12)15(23)24-9-10-2-4-11(5-3-10)17(20,21)22/h2-8,25H,9H2,1H3,(H2,23,24). The Morgan fingerprint density at radius 2 is 1.56 bits per heavy atom. The minimum atomic E-state index is -4.43. The van der Waals surface area contributed by atoms with E-state index in [-0.39, 0.29) is 29.3 Å². The molecule has 8 heteroatoms. The van der Waals surface area contributed by atoms with Gasteiger partial charge in [-0.25, -0.2) is 8.78 Å². The van der Waals surface area contributed by atoms with Crippen molar-refractivity contribution in [1.82, 2.24) is 0 Å². The minimum Gasteiger partial charge on any atom is -0.507 e. The Kier molecular flexibility index (Phi) is 5.01. The molecule has 3 N–H and O–H groups in total. The van der Waals surface area contributed by atoms with Gasteiger partial charge in [0.25, 0.3) is 5.92 Å². The molecule has 0 saturated heterocycles. The smallest absolute Gasteiger partial charge is 0.416 e. The summed E-state index contributed by atoms with van der Waals surface area (Å²) in [5, 5.41) is 9.76. The molecule has 0 amide bonds. The molecule has 0 aliphatic heterocycles. The van der Waals surface area contributed by atoms with Gasteiger partial charge in [0, 0.05) is 12.5 Å². The van der Waals surface area contributed by atoms with Gasteiger partial charge in [-0.3, -0.25) is 4.99 Å². The summed E-state index contributed by atoms with van der Waals surface area (Å²) in [6, 6.07) is 7.51. The summed E-state index contributed by atoms with van der Waals surface area (Å²) >= 11 is 0. The number of rotatable bonds is 4. The summed E-state index contributed by atoms with van der Waals surface area (Å²) in [4.78, 5) is 3.95. The van der Waals surface area contributed by atoms with Crippen LogP contribution in [0.1, 0.15) is 29.2 Å². The molecule has 0 aromatic heterocycles. The Hall–Kier alpha value is -2.64. The van der Waals surface area contributed by atoms with Crippen molar-refractivity contribution < 1.29 is 27.1 Å². The zero-order valence-corrected chi connectivity index (χ0v) is 13.1. The number of halogens is 5. The lowest BCUT2D eigenvalue weighted by molar-refractivity contribution is -0.137. The van der Waals surface area contributed by atoms with E-state index < -0.39 is 17.7 Å². The van der Waals surface area contributed by atoms with Crippen LogP contribution in [0.5, 0.6) is 5.75 Å². The summed E-state index contributed by atoms with van der Waals surface area (Å²) < 4.78 is 64.2. The van der Waals surface area contributed by atoms with Crippen LogP contribution in [0.3, 0.4) is 0 Å². The molecule has 0 saturated carbocycles. The van der Waals surface area contributed by atoms with Crippen molar-refractivity contribution >= 4 is 5.84 Å². The van der Waals surface area contributed by atoms with Crippen LogP contribution in [0.4, 0.5) is 22.0 Å². The molecular formula is C17H15F5N2O. The maximum atomic E-state index is 13.4. The highest BCUT2D eigenvalue weighted by Crippen LogP contribution is 2.31. The third-order valence-electron chi connectivity index (χ3n) is 3.49. The van der Waals surface area contributed by atoms with Crippen LogP contribution < -0.4 is 5.73 Å². The Bertz CT molecular complexity index is 777. The number of phenols is 1. The van der Waals surface area contributed by atoms with E-state index in [2.05, 4.69) is 4.99 Å². The molecule has 2 aromatic rings. The van der Waals surface area contributed by atoms with Crippen LogP contribution in [-0.2, 0) is 18.6 Å². The highest BCUT2D eigenvalue weighted by atomic mass is 19.4. The van der Waals surface area contributed by atoms with Crippen molar-refractivity contribution in [2.24, 2.45) is 10.7 Å². The maximum absolute atomic E-state index is 13.4. The van der Waals surface area contributed by atoms with Gasteiger partial charge in [-0.15, -0.1) is 0 Å². The Labute approximate surface area is 140 Å². The summed E-state index contributed by atoms with van der Waals surface area (Å²) in [6.07, 6.45) is -4.43. The SMILES string of the molecule is CC(F)(F)c1ccc(O)c(C(N)=NCc2ccc(C(F)(F)F)cc2)c1. The van der Waals surface area contributed by atoms with Crippen molar-refractivity contribution in [1.29, 1.82) is 0 Å². The van der Waals surface area contributed by atoms with Crippen molar-refractivity contribution in [2.45, 2.75) is 25.6 Å². The summed E-state index contributed by atoms with van der Waals surface area (Å²) in [5.74, 6) is -3.62. The van der Waals surface area contributed by atoms with E-state index in [4.69, 9.17) is 5.73 Å². The van der Waals surface area contributed by atoms with E-state index in [0.717, 1.165) is 30.3 Å². The summed E-state index contributed by atoms with van der Waals surface area (Å²) in [7, 11) is 0. The molecule has 0 spiro atoms. The Balaban J connectivity index is 2.22. The number of amidine groups is 1. The zero-order chi connectivity index (χ0) is 18.8. The number of hydrogen-bond acceptors (Lipinski definition) is 2. The zero-order valence-electron chi connectivity index (χ0n) is 13.1. The van der Waals surface area contributed by atoms with Gasteiger partial charge in [0.1, 0.15) is 11.6 Å². The number of phenolic OH excluding ortho intramolecular Hbond substituents is 1. The van der Waals surface area contributed by atoms with Crippen LogP contribution in [0.2, 0.25) is 0 Å². The quantitative estimate of drug-likeness (QED) is 0.483. The van der Waals surface area contributed by atoms with Crippen molar-refractivity contribution in [3.8, 4) is 5.75 Å². The monoisotopic (exact) mass is 358 g/mol. The van der Waals surface area contributed by atoms with Crippen molar-refractivity contribution in [2.75, 3.05) is 0 Å². The summed E-state index contributed by atoms with van der Waals surface area (Å²) in [5.41, 5.74) is 4.98. The third-order valence-corrected chi connectivity index (χ3v) is 3.49. The molecule has 0 aliphatic carbocycles. The fourth-order valence-electron chi connectivity index (χ4n) is 2.08. The molecule has 3 nitrogen and oxygen atoms in total. The lowest BCUT2D eigenvalue weighted by atomic mass is 10.0. The normalized spacial score (nSPS) is 13.1. The predicted molar refractivity (Wildman–Crippen MR) is 83.5 cm³/mol. The van der Waals surface area contributed by atoms with Crippen LogP contribution in [0.15, 0.2) is 47.5 Å². The average Bonchev–Trinajstić information content (AvgIpc) is 2.51. The fourth-order valence-corrected chi connectivity index (χ4v) is 2.08. The highest BCUT2D eigenvalue weighted by molar-refractivity contribution is 6.00. The number of nitrogens with zero attached hydrogens (tertiary/aromatic N) is 1. The molecule has 0 aliphatic rings.